The first-order valence-corrected chi connectivity index (χ1v) is 20.6. The lowest BCUT2D eigenvalue weighted by Gasteiger charge is -2.24. The van der Waals surface area contributed by atoms with E-state index in [0.29, 0.717) is 0 Å². The maximum atomic E-state index is 4.72. The van der Waals surface area contributed by atoms with Gasteiger partial charge in [0.2, 0.25) is 0 Å². The molecule has 60 heavy (non-hydrogen) atoms. The van der Waals surface area contributed by atoms with E-state index in [0.717, 1.165) is 10.9 Å². The number of rotatable bonds is 7. The van der Waals surface area contributed by atoms with E-state index in [1.54, 1.807) is 0 Å². The Balaban J connectivity index is 1.18. The summed E-state index contributed by atoms with van der Waals surface area (Å²) in [5.74, 6) is 0. The van der Waals surface area contributed by atoms with Crippen LogP contribution in [0.1, 0.15) is 0 Å². The average Bonchev–Trinajstić information content (AvgIpc) is 3.33. The molecule has 0 N–H and O–H groups in total. The maximum absolute atomic E-state index is 4.72. The number of para-hydroxylation sites is 1. The van der Waals surface area contributed by atoms with Crippen LogP contribution in [0.2, 0.25) is 0 Å². The molecule has 0 aliphatic heterocycles. The highest BCUT2D eigenvalue weighted by atomic mass is 14.6. The largest absolute Gasteiger partial charge is 0.256 e. The molecule has 0 amide bonds. The molecule has 0 aliphatic carbocycles. The SMILES string of the molecule is c1ccc(-c2cc(-c3ccc(-c4c5ccccc5c(-c5ccnc6ccccc56)c5ccccc45)cc3)c(-c3ccccc3)c(-c3ccccc3)c2-c2ccccc2)cc1. The lowest BCUT2D eigenvalue weighted by atomic mass is 9.78. The summed E-state index contributed by atoms with van der Waals surface area (Å²) in [6, 6.07) is 83.7. The van der Waals surface area contributed by atoms with Gasteiger partial charge in [-0.15, -0.1) is 0 Å². The van der Waals surface area contributed by atoms with Crippen LogP contribution in [0.5, 0.6) is 0 Å². The Morgan fingerprint density at radius 1 is 0.217 bits per heavy atom. The summed E-state index contributed by atoms with van der Waals surface area (Å²) >= 11 is 0. The van der Waals surface area contributed by atoms with Gasteiger partial charge in [-0.1, -0.05) is 212 Å². The van der Waals surface area contributed by atoms with Gasteiger partial charge in [0.1, 0.15) is 0 Å². The number of fused-ring (bicyclic) bond motifs is 3. The third-order valence-corrected chi connectivity index (χ3v) is 11.9. The van der Waals surface area contributed by atoms with Crippen LogP contribution in [0.15, 0.2) is 237 Å². The Morgan fingerprint density at radius 3 is 1.07 bits per heavy atom. The Bertz CT molecular complexity index is 3260. The van der Waals surface area contributed by atoms with Crippen molar-refractivity contribution in [3.05, 3.63) is 237 Å². The van der Waals surface area contributed by atoms with Gasteiger partial charge < -0.3 is 0 Å². The van der Waals surface area contributed by atoms with E-state index in [9.17, 15) is 0 Å². The Kier molecular flexibility index (Phi) is 8.91. The quantitative estimate of drug-likeness (QED) is 0.147. The molecule has 11 aromatic rings. The van der Waals surface area contributed by atoms with E-state index < -0.39 is 0 Å². The molecule has 0 saturated carbocycles. The standard InChI is InChI=1S/C59H39N/c1-5-19-40(20-6-1)52-39-53(57(43-23-9-3-10-24-43)58(44-25-11-4-12-26-44)56(52)42-21-7-2-8-22-42)41-33-35-45(36-34-41)55-47-28-13-15-30-49(47)59(50-31-16-14-29-48(50)55)51-37-38-60-54-32-18-17-27-46(51)54/h1-39H. The van der Waals surface area contributed by atoms with E-state index in [1.807, 2.05) is 6.20 Å². The second kappa shape index (κ2) is 15.1. The van der Waals surface area contributed by atoms with E-state index in [4.69, 9.17) is 4.98 Å². The zero-order valence-electron chi connectivity index (χ0n) is 33.0. The van der Waals surface area contributed by atoms with Crippen molar-refractivity contribution in [1.82, 2.24) is 4.98 Å². The number of benzene rings is 10. The van der Waals surface area contributed by atoms with Crippen LogP contribution in [0, 0.1) is 0 Å². The summed E-state index contributed by atoms with van der Waals surface area (Å²) in [4.78, 5) is 4.72. The van der Waals surface area contributed by atoms with Gasteiger partial charge in [-0.2, -0.15) is 0 Å². The zero-order valence-corrected chi connectivity index (χ0v) is 33.0. The van der Waals surface area contributed by atoms with Gasteiger partial charge in [0.15, 0.2) is 0 Å². The number of hydrogen-bond acceptors (Lipinski definition) is 1. The molecule has 0 radical (unpaired) electrons. The zero-order chi connectivity index (χ0) is 39.8. The molecule has 1 aromatic heterocycles. The van der Waals surface area contributed by atoms with Crippen molar-refractivity contribution < 1.29 is 0 Å². The van der Waals surface area contributed by atoms with Crippen molar-refractivity contribution in [3.63, 3.8) is 0 Å². The normalized spacial score (nSPS) is 11.3. The number of nitrogens with zero attached hydrogens (tertiary/aromatic N) is 1. The van der Waals surface area contributed by atoms with Gasteiger partial charge in [-0.25, -0.2) is 0 Å². The molecule has 0 bridgehead atoms. The van der Waals surface area contributed by atoms with Gasteiger partial charge in [0, 0.05) is 11.6 Å². The van der Waals surface area contributed by atoms with Crippen LogP contribution >= 0.6 is 0 Å². The van der Waals surface area contributed by atoms with Gasteiger partial charge in [0.25, 0.3) is 0 Å². The van der Waals surface area contributed by atoms with Crippen molar-refractivity contribution in [1.29, 1.82) is 0 Å². The fourth-order valence-electron chi connectivity index (χ4n) is 9.32. The van der Waals surface area contributed by atoms with E-state index in [2.05, 4.69) is 231 Å². The molecular weight excluding hydrogens is 723 g/mol. The lowest BCUT2D eigenvalue weighted by Crippen LogP contribution is -1.98. The highest BCUT2D eigenvalue weighted by molar-refractivity contribution is 6.23. The third-order valence-electron chi connectivity index (χ3n) is 11.9. The molecule has 1 heteroatoms. The van der Waals surface area contributed by atoms with Crippen LogP contribution in [-0.2, 0) is 0 Å². The molecule has 11 rings (SSSR count). The van der Waals surface area contributed by atoms with Crippen molar-refractivity contribution in [2.45, 2.75) is 0 Å². The highest BCUT2D eigenvalue weighted by Crippen LogP contribution is 2.51. The first-order valence-electron chi connectivity index (χ1n) is 20.6. The van der Waals surface area contributed by atoms with Crippen molar-refractivity contribution in [2.24, 2.45) is 0 Å². The Hall–Kier alpha value is -7.87. The smallest absolute Gasteiger partial charge is 0.0708 e. The van der Waals surface area contributed by atoms with Gasteiger partial charge in [-0.05, 0) is 118 Å². The van der Waals surface area contributed by atoms with Crippen molar-refractivity contribution in [3.8, 4) is 77.9 Å². The van der Waals surface area contributed by atoms with Crippen LogP contribution in [-0.4, -0.2) is 4.98 Å². The first kappa shape index (κ1) is 35.3. The summed E-state index contributed by atoms with van der Waals surface area (Å²) in [6.45, 7) is 0. The minimum atomic E-state index is 1.00. The molecule has 1 nitrogen and oxygen atoms in total. The maximum Gasteiger partial charge on any atom is 0.0708 e. The summed E-state index contributed by atoms with van der Waals surface area (Å²) in [5.41, 5.74) is 17.9. The topological polar surface area (TPSA) is 12.9 Å². The third kappa shape index (κ3) is 6.08. The first-order chi connectivity index (χ1) is 29.8. The van der Waals surface area contributed by atoms with E-state index >= 15 is 0 Å². The molecule has 0 fully saturated rings. The fraction of sp³-hybridized carbons (Fsp3) is 0. The molecular formula is C59H39N. The second-order valence-corrected chi connectivity index (χ2v) is 15.4. The predicted octanol–water partition coefficient (Wildman–Crippen LogP) is 16.2. The summed E-state index contributed by atoms with van der Waals surface area (Å²) in [7, 11) is 0. The predicted molar refractivity (Wildman–Crippen MR) is 255 cm³/mol. The average molecular weight is 762 g/mol. The molecule has 0 saturated heterocycles. The number of hydrogen-bond donors (Lipinski definition) is 0. The monoisotopic (exact) mass is 761 g/mol. The second-order valence-electron chi connectivity index (χ2n) is 15.4. The molecule has 280 valence electrons. The van der Waals surface area contributed by atoms with Crippen molar-refractivity contribution in [2.75, 3.05) is 0 Å². The number of aromatic nitrogens is 1. The van der Waals surface area contributed by atoms with Crippen molar-refractivity contribution >= 4 is 32.4 Å². The van der Waals surface area contributed by atoms with Crippen LogP contribution in [0.3, 0.4) is 0 Å². The minimum absolute atomic E-state index is 1.00. The van der Waals surface area contributed by atoms with Gasteiger partial charge >= 0.3 is 0 Å². The lowest BCUT2D eigenvalue weighted by molar-refractivity contribution is 1.41. The summed E-state index contributed by atoms with van der Waals surface area (Å²) in [5, 5.41) is 6.08. The molecule has 0 unspecified atom stereocenters. The number of pyridine rings is 1. The summed E-state index contributed by atoms with van der Waals surface area (Å²) < 4.78 is 0. The Morgan fingerprint density at radius 2 is 0.567 bits per heavy atom. The molecule has 0 aliphatic rings. The fourth-order valence-corrected chi connectivity index (χ4v) is 9.32. The van der Waals surface area contributed by atoms with Gasteiger partial charge in [0.05, 0.1) is 5.52 Å². The highest BCUT2D eigenvalue weighted by Gasteiger charge is 2.24. The van der Waals surface area contributed by atoms with Gasteiger partial charge in [-0.3, -0.25) is 4.98 Å². The molecule has 1 heterocycles. The van der Waals surface area contributed by atoms with Crippen LogP contribution in [0.25, 0.3) is 110 Å². The molecule has 10 aromatic carbocycles. The van der Waals surface area contributed by atoms with Crippen LogP contribution in [0.4, 0.5) is 0 Å². The van der Waals surface area contributed by atoms with E-state index in [-0.39, 0.29) is 0 Å². The Labute approximate surface area is 350 Å². The molecule has 0 spiro atoms. The van der Waals surface area contributed by atoms with E-state index in [1.165, 1.54) is 99.4 Å². The van der Waals surface area contributed by atoms with Crippen LogP contribution < -0.4 is 0 Å². The minimum Gasteiger partial charge on any atom is -0.256 e. The molecule has 0 atom stereocenters. The summed E-state index contributed by atoms with van der Waals surface area (Å²) in [6.07, 6.45) is 1.94.